The standard InChI is InChI=1S/C18H18F3N3S.HI/c1-13-8-10-25-16(13)12-24-17(22-2)23-9-4-6-14-5-3-7-15(11-14)18(19,20)21;/h3,5,7-8,10-11H,9,12H2,1-2H3,(H2,22,23,24);1H. The first-order valence-electron chi connectivity index (χ1n) is 7.54. The first-order chi connectivity index (χ1) is 11.9. The zero-order chi connectivity index (χ0) is 18.3. The van der Waals surface area contributed by atoms with E-state index in [4.69, 9.17) is 0 Å². The Morgan fingerprint density at radius 2 is 2.00 bits per heavy atom. The normalized spacial score (nSPS) is 11.2. The maximum absolute atomic E-state index is 12.7. The third-order valence-electron chi connectivity index (χ3n) is 3.38. The second-order valence-corrected chi connectivity index (χ2v) is 6.19. The number of rotatable bonds is 3. The SMILES string of the molecule is CN=C(NCC#Cc1cccc(C(F)(F)F)c1)NCc1sccc1C.I. The first-order valence-corrected chi connectivity index (χ1v) is 8.41. The minimum absolute atomic E-state index is 0. The highest BCUT2D eigenvalue weighted by molar-refractivity contribution is 14.0. The molecule has 0 fully saturated rings. The Morgan fingerprint density at radius 3 is 2.62 bits per heavy atom. The van der Waals surface area contributed by atoms with Gasteiger partial charge in [-0.25, -0.2) is 0 Å². The zero-order valence-corrected chi connectivity index (χ0v) is 17.4. The summed E-state index contributed by atoms with van der Waals surface area (Å²) in [6.07, 6.45) is -4.36. The van der Waals surface area contributed by atoms with Crippen molar-refractivity contribution in [2.24, 2.45) is 4.99 Å². The molecule has 0 aliphatic heterocycles. The Kier molecular flexibility index (Phi) is 8.95. The van der Waals surface area contributed by atoms with Crippen molar-refractivity contribution in [1.29, 1.82) is 0 Å². The number of guanidine groups is 1. The Bertz CT molecular complexity index is 804. The van der Waals surface area contributed by atoms with Gasteiger partial charge in [0.2, 0.25) is 0 Å². The molecule has 8 heteroatoms. The van der Waals surface area contributed by atoms with Gasteiger partial charge in [0.25, 0.3) is 0 Å². The van der Waals surface area contributed by atoms with Crippen LogP contribution in [0.1, 0.15) is 21.6 Å². The van der Waals surface area contributed by atoms with Crippen molar-refractivity contribution >= 4 is 41.3 Å². The van der Waals surface area contributed by atoms with Crippen LogP contribution in [0.15, 0.2) is 40.7 Å². The van der Waals surface area contributed by atoms with Gasteiger partial charge in [-0.1, -0.05) is 17.9 Å². The van der Waals surface area contributed by atoms with E-state index >= 15 is 0 Å². The number of nitrogens with one attached hydrogen (secondary N) is 2. The highest BCUT2D eigenvalue weighted by atomic mass is 127. The third kappa shape index (κ3) is 6.88. The summed E-state index contributed by atoms with van der Waals surface area (Å²) >= 11 is 1.67. The molecule has 0 aliphatic carbocycles. The third-order valence-corrected chi connectivity index (χ3v) is 4.40. The molecule has 0 amide bonds. The van der Waals surface area contributed by atoms with Crippen LogP contribution in [0.4, 0.5) is 13.2 Å². The topological polar surface area (TPSA) is 36.4 Å². The van der Waals surface area contributed by atoms with E-state index in [0.717, 1.165) is 12.1 Å². The zero-order valence-electron chi connectivity index (χ0n) is 14.3. The second kappa shape index (κ2) is 10.4. The van der Waals surface area contributed by atoms with E-state index in [-0.39, 0.29) is 30.5 Å². The van der Waals surface area contributed by atoms with Gasteiger partial charge in [-0.05, 0) is 42.1 Å². The largest absolute Gasteiger partial charge is 0.416 e. The van der Waals surface area contributed by atoms with Crippen LogP contribution in [0.25, 0.3) is 0 Å². The van der Waals surface area contributed by atoms with Crippen LogP contribution in [0.5, 0.6) is 0 Å². The van der Waals surface area contributed by atoms with Gasteiger partial charge in [0.1, 0.15) is 0 Å². The molecule has 0 saturated heterocycles. The predicted molar refractivity (Wildman–Crippen MR) is 111 cm³/mol. The maximum Gasteiger partial charge on any atom is 0.416 e. The molecule has 0 radical (unpaired) electrons. The number of hydrogen-bond acceptors (Lipinski definition) is 2. The molecular formula is C18H19F3IN3S. The molecule has 1 aromatic carbocycles. The quantitative estimate of drug-likeness (QED) is 0.288. The van der Waals surface area contributed by atoms with Crippen molar-refractivity contribution in [3.05, 3.63) is 57.3 Å². The summed E-state index contributed by atoms with van der Waals surface area (Å²) in [5, 5.41) is 8.22. The lowest BCUT2D eigenvalue weighted by Crippen LogP contribution is -2.36. The summed E-state index contributed by atoms with van der Waals surface area (Å²) < 4.78 is 38.0. The van der Waals surface area contributed by atoms with Crippen LogP contribution in [0, 0.1) is 18.8 Å². The number of aryl methyl sites for hydroxylation is 1. The molecule has 0 spiro atoms. The molecule has 0 saturated carbocycles. The van der Waals surface area contributed by atoms with Gasteiger partial charge in [0.05, 0.1) is 18.7 Å². The van der Waals surface area contributed by atoms with Gasteiger partial charge >= 0.3 is 6.18 Å². The fraction of sp³-hybridized carbons (Fsp3) is 0.278. The van der Waals surface area contributed by atoms with Crippen LogP contribution in [0.2, 0.25) is 0 Å². The van der Waals surface area contributed by atoms with Gasteiger partial charge < -0.3 is 10.6 Å². The molecule has 3 nitrogen and oxygen atoms in total. The molecule has 2 rings (SSSR count). The summed E-state index contributed by atoms with van der Waals surface area (Å²) in [7, 11) is 1.65. The summed E-state index contributed by atoms with van der Waals surface area (Å²) in [4.78, 5) is 5.31. The van der Waals surface area contributed by atoms with Crippen LogP contribution < -0.4 is 10.6 Å². The van der Waals surface area contributed by atoms with Gasteiger partial charge in [0, 0.05) is 17.5 Å². The van der Waals surface area contributed by atoms with E-state index in [1.165, 1.54) is 16.5 Å². The highest BCUT2D eigenvalue weighted by Gasteiger charge is 2.30. The van der Waals surface area contributed by atoms with Crippen LogP contribution in [-0.4, -0.2) is 19.6 Å². The molecule has 2 aromatic rings. The number of halogens is 4. The number of benzene rings is 1. The first kappa shape index (κ1) is 22.3. The average molecular weight is 493 g/mol. The van der Waals surface area contributed by atoms with E-state index in [9.17, 15) is 13.2 Å². The Hall–Kier alpha value is -1.73. The van der Waals surface area contributed by atoms with Crippen molar-refractivity contribution in [3.63, 3.8) is 0 Å². The highest BCUT2D eigenvalue weighted by Crippen LogP contribution is 2.29. The van der Waals surface area contributed by atoms with E-state index < -0.39 is 11.7 Å². The van der Waals surface area contributed by atoms with Crippen molar-refractivity contribution in [3.8, 4) is 11.8 Å². The van der Waals surface area contributed by atoms with Crippen LogP contribution in [-0.2, 0) is 12.7 Å². The van der Waals surface area contributed by atoms with Gasteiger partial charge in [-0.3, -0.25) is 4.99 Å². The molecule has 140 valence electrons. The molecule has 1 aromatic heterocycles. The molecule has 1 heterocycles. The average Bonchev–Trinajstić information content (AvgIpc) is 2.99. The maximum atomic E-state index is 12.7. The molecule has 26 heavy (non-hydrogen) atoms. The fourth-order valence-corrected chi connectivity index (χ4v) is 2.86. The van der Waals surface area contributed by atoms with E-state index in [0.29, 0.717) is 18.1 Å². The number of aliphatic imine (C=N–C) groups is 1. The van der Waals surface area contributed by atoms with Crippen LogP contribution in [0.3, 0.4) is 0 Å². The lowest BCUT2D eigenvalue weighted by atomic mass is 10.1. The molecule has 0 unspecified atom stereocenters. The number of alkyl halides is 3. The molecule has 0 aliphatic rings. The summed E-state index contributed by atoms with van der Waals surface area (Å²) in [6.45, 7) is 2.98. The van der Waals surface area contributed by atoms with E-state index in [1.54, 1.807) is 24.5 Å². The predicted octanol–water partition coefficient (Wildman–Crippen LogP) is 4.41. The smallest absolute Gasteiger partial charge is 0.351 e. The van der Waals surface area contributed by atoms with Crippen molar-refractivity contribution < 1.29 is 13.2 Å². The van der Waals surface area contributed by atoms with E-state index in [1.807, 2.05) is 12.3 Å². The molecule has 2 N–H and O–H groups in total. The Labute approximate surface area is 172 Å². The van der Waals surface area contributed by atoms with Crippen LogP contribution >= 0.6 is 35.3 Å². The number of hydrogen-bond donors (Lipinski definition) is 2. The van der Waals surface area contributed by atoms with Crippen molar-refractivity contribution in [2.45, 2.75) is 19.6 Å². The van der Waals surface area contributed by atoms with Gasteiger partial charge in [-0.15, -0.1) is 35.3 Å². The van der Waals surface area contributed by atoms with Gasteiger partial charge in [-0.2, -0.15) is 13.2 Å². The number of thiophene rings is 1. The summed E-state index contributed by atoms with van der Waals surface area (Å²) in [5.74, 6) is 6.11. The molecule has 0 bridgehead atoms. The van der Waals surface area contributed by atoms with Gasteiger partial charge in [0.15, 0.2) is 5.96 Å². The Balaban J connectivity index is 0.00000338. The summed E-state index contributed by atoms with van der Waals surface area (Å²) in [6, 6.07) is 7.03. The van der Waals surface area contributed by atoms with E-state index in [2.05, 4.69) is 33.5 Å². The summed E-state index contributed by atoms with van der Waals surface area (Å²) in [5.41, 5.74) is 0.849. The monoisotopic (exact) mass is 493 g/mol. The fourth-order valence-electron chi connectivity index (χ4n) is 2.02. The minimum atomic E-state index is -4.36. The lowest BCUT2D eigenvalue weighted by molar-refractivity contribution is -0.137. The lowest BCUT2D eigenvalue weighted by Gasteiger charge is -2.09. The van der Waals surface area contributed by atoms with Crippen molar-refractivity contribution in [1.82, 2.24) is 10.6 Å². The Morgan fingerprint density at radius 1 is 1.23 bits per heavy atom. The molecular weight excluding hydrogens is 474 g/mol. The minimum Gasteiger partial charge on any atom is -0.351 e. The molecule has 0 atom stereocenters. The number of nitrogens with zero attached hydrogens (tertiary/aromatic N) is 1. The van der Waals surface area contributed by atoms with Crippen molar-refractivity contribution in [2.75, 3.05) is 13.6 Å². The second-order valence-electron chi connectivity index (χ2n) is 5.19.